The smallest absolute Gasteiger partial charge is 0.258 e. The van der Waals surface area contributed by atoms with Crippen LogP contribution in [0.25, 0.3) is 0 Å². The van der Waals surface area contributed by atoms with Crippen molar-refractivity contribution in [3.05, 3.63) is 29.8 Å². The maximum Gasteiger partial charge on any atom is 0.258 e. The molecule has 3 rings (SSSR count). The molecule has 2 aliphatic heterocycles. The number of carbonyl (C=O) groups excluding carboxylic acids is 2. The highest BCUT2D eigenvalue weighted by Crippen LogP contribution is 2.21. The zero-order chi connectivity index (χ0) is 17.6. The van der Waals surface area contributed by atoms with E-state index in [1.807, 2.05) is 11.0 Å². The number of nitriles is 1. The topological polar surface area (TPSA) is 91.7 Å². The molecule has 2 amide bonds. The standard InChI is InChI=1S/C18H21N3O4/c19-11-13-3-1-2-4-16(13)25-12-17(22)20-15-5-8-21(18(15)23)14-6-9-24-10-7-14/h1-4,14-15H,5-10,12H2,(H,20,22). The summed E-state index contributed by atoms with van der Waals surface area (Å²) in [5.41, 5.74) is 0.373. The first kappa shape index (κ1) is 17.2. The van der Waals surface area contributed by atoms with E-state index in [-0.39, 0.29) is 24.5 Å². The summed E-state index contributed by atoms with van der Waals surface area (Å²) in [6, 6.07) is 8.46. The average Bonchev–Trinajstić information content (AvgIpc) is 3.01. The molecule has 7 heteroatoms. The molecule has 0 aliphatic carbocycles. The van der Waals surface area contributed by atoms with Crippen molar-refractivity contribution in [2.75, 3.05) is 26.4 Å². The molecule has 0 radical (unpaired) electrons. The first-order valence-corrected chi connectivity index (χ1v) is 8.48. The van der Waals surface area contributed by atoms with Gasteiger partial charge in [-0.15, -0.1) is 0 Å². The maximum atomic E-state index is 12.5. The zero-order valence-corrected chi connectivity index (χ0v) is 13.9. The van der Waals surface area contributed by atoms with Gasteiger partial charge in [-0.05, 0) is 31.4 Å². The van der Waals surface area contributed by atoms with Crippen LogP contribution in [0.15, 0.2) is 24.3 Å². The third-order valence-electron chi connectivity index (χ3n) is 4.57. The maximum absolute atomic E-state index is 12.5. The Morgan fingerprint density at radius 3 is 2.84 bits per heavy atom. The molecule has 25 heavy (non-hydrogen) atoms. The van der Waals surface area contributed by atoms with Crippen molar-refractivity contribution in [1.82, 2.24) is 10.2 Å². The highest BCUT2D eigenvalue weighted by atomic mass is 16.5. The fraction of sp³-hybridized carbons (Fsp3) is 0.500. The van der Waals surface area contributed by atoms with Gasteiger partial charge in [-0.2, -0.15) is 5.26 Å². The van der Waals surface area contributed by atoms with E-state index in [1.165, 1.54) is 0 Å². The van der Waals surface area contributed by atoms with Gasteiger partial charge in [0.25, 0.3) is 5.91 Å². The Balaban J connectivity index is 1.50. The van der Waals surface area contributed by atoms with Gasteiger partial charge in [-0.1, -0.05) is 12.1 Å². The van der Waals surface area contributed by atoms with E-state index in [0.29, 0.717) is 37.5 Å². The molecule has 7 nitrogen and oxygen atoms in total. The van der Waals surface area contributed by atoms with E-state index >= 15 is 0 Å². The van der Waals surface area contributed by atoms with Gasteiger partial charge in [-0.25, -0.2) is 0 Å². The second kappa shape index (κ2) is 7.99. The number of benzene rings is 1. The van der Waals surface area contributed by atoms with Gasteiger partial charge >= 0.3 is 0 Å². The van der Waals surface area contributed by atoms with Crippen LogP contribution in [0.3, 0.4) is 0 Å². The number of rotatable bonds is 5. The van der Waals surface area contributed by atoms with Crippen molar-refractivity contribution in [2.45, 2.75) is 31.3 Å². The number of hydrogen-bond acceptors (Lipinski definition) is 5. The van der Waals surface area contributed by atoms with Gasteiger partial charge in [0.05, 0.1) is 5.56 Å². The van der Waals surface area contributed by atoms with Crippen molar-refractivity contribution >= 4 is 11.8 Å². The van der Waals surface area contributed by atoms with Crippen LogP contribution in [0.4, 0.5) is 0 Å². The minimum absolute atomic E-state index is 0.0299. The van der Waals surface area contributed by atoms with Crippen LogP contribution < -0.4 is 10.1 Å². The lowest BCUT2D eigenvalue weighted by Crippen LogP contribution is -2.47. The summed E-state index contributed by atoms with van der Waals surface area (Å²) in [4.78, 5) is 26.5. The van der Waals surface area contributed by atoms with Gasteiger partial charge in [0.2, 0.25) is 5.91 Å². The number of nitrogens with zero attached hydrogens (tertiary/aromatic N) is 2. The van der Waals surface area contributed by atoms with E-state index < -0.39 is 6.04 Å². The first-order valence-electron chi connectivity index (χ1n) is 8.48. The highest BCUT2D eigenvalue weighted by Gasteiger charge is 2.37. The highest BCUT2D eigenvalue weighted by molar-refractivity contribution is 5.89. The van der Waals surface area contributed by atoms with E-state index in [4.69, 9.17) is 14.7 Å². The van der Waals surface area contributed by atoms with E-state index in [2.05, 4.69) is 5.32 Å². The van der Waals surface area contributed by atoms with Crippen LogP contribution in [0.5, 0.6) is 5.75 Å². The Morgan fingerprint density at radius 2 is 2.08 bits per heavy atom. The molecular weight excluding hydrogens is 322 g/mol. The van der Waals surface area contributed by atoms with Gasteiger partial charge < -0.3 is 19.7 Å². The molecule has 0 saturated carbocycles. The second-order valence-corrected chi connectivity index (χ2v) is 6.18. The number of para-hydroxylation sites is 1. The van der Waals surface area contributed by atoms with Crippen LogP contribution in [-0.4, -0.2) is 55.2 Å². The van der Waals surface area contributed by atoms with Crippen LogP contribution in [0.2, 0.25) is 0 Å². The van der Waals surface area contributed by atoms with Crippen molar-refractivity contribution in [2.24, 2.45) is 0 Å². The third-order valence-corrected chi connectivity index (χ3v) is 4.57. The Morgan fingerprint density at radius 1 is 1.32 bits per heavy atom. The Bertz CT molecular complexity index is 679. The van der Waals surface area contributed by atoms with E-state index in [0.717, 1.165) is 12.8 Å². The monoisotopic (exact) mass is 343 g/mol. The quantitative estimate of drug-likeness (QED) is 0.855. The number of ether oxygens (including phenoxy) is 2. The van der Waals surface area contributed by atoms with Crippen LogP contribution in [-0.2, 0) is 14.3 Å². The summed E-state index contributed by atoms with van der Waals surface area (Å²) in [5.74, 6) is -0.0284. The van der Waals surface area contributed by atoms with Crippen LogP contribution in [0, 0.1) is 11.3 Å². The summed E-state index contributed by atoms with van der Waals surface area (Å²) in [6.45, 7) is 1.79. The van der Waals surface area contributed by atoms with Gasteiger partial charge in [-0.3, -0.25) is 9.59 Å². The largest absolute Gasteiger partial charge is 0.482 e. The fourth-order valence-corrected chi connectivity index (χ4v) is 3.26. The lowest BCUT2D eigenvalue weighted by atomic mass is 10.1. The predicted molar refractivity (Wildman–Crippen MR) is 88.8 cm³/mol. The number of carbonyl (C=O) groups is 2. The molecule has 0 aromatic heterocycles. The third kappa shape index (κ3) is 4.09. The molecule has 2 fully saturated rings. The van der Waals surface area contributed by atoms with Crippen molar-refractivity contribution in [3.8, 4) is 11.8 Å². The molecule has 1 unspecified atom stereocenters. The van der Waals surface area contributed by atoms with Gasteiger partial charge in [0, 0.05) is 25.8 Å². The Kier molecular flexibility index (Phi) is 5.51. The Hall–Kier alpha value is -2.59. The normalized spacial score (nSPS) is 21.0. The number of hydrogen-bond donors (Lipinski definition) is 1. The molecule has 1 aromatic rings. The SMILES string of the molecule is N#Cc1ccccc1OCC(=O)NC1CCN(C2CCOCC2)C1=O. The fourth-order valence-electron chi connectivity index (χ4n) is 3.26. The van der Waals surface area contributed by atoms with E-state index in [1.54, 1.807) is 24.3 Å². The summed E-state index contributed by atoms with van der Waals surface area (Å²) < 4.78 is 10.7. The molecule has 1 atom stereocenters. The van der Waals surface area contributed by atoms with Crippen molar-refractivity contribution in [3.63, 3.8) is 0 Å². The molecule has 1 N–H and O–H groups in total. The predicted octanol–water partition coefficient (Wildman–Crippen LogP) is 0.833. The minimum Gasteiger partial charge on any atom is -0.482 e. The molecule has 1 aromatic carbocycles. The van der Waals surface area contributed by atoms with Crippen molar-refractivity contribution in [1.29, 1.82) is 5.26 Å². The second-order valence-electron chi connectivity index (χ2n) is 6.18. The Labute approximate surface area is 146 Å². The lowest BCUT2D eigenvalue weighted by molar-refractivity contribution is -0.135. The molecule has 2 heterocycles. The summed E-state index contributed by atoms with van der Waals surface area (Å²) in [7, 11) is 0. The van der Waals surface area contributed by atoms with E-state index in [9.17, 15) is 9.59 Å². The minimum atomic E-state index is -0.495. The summed E-state index contributed by atoms with van der Waals surface area (Å²) in [6.07, 6.45) is 2.30. The van der Waals surface area contributed by atoms with Gasteiger partial charge in [0.1, 0.15) is 17.9 Å². The number of nitrogens with one attached hydrogen (secondary N) is 1. The molecule has 0 spiro atoms. The van der Waals surface area contributed by atoms with Crippen LogP contribution >= 0.6 is 0 Å². The molecule has 2 aliphatic rings. The molecule has 2 saturated heterocycles. The molecule has 0 bridgehead atoms. The van der Waals surface area contributed by atoms with Gasteiger partial charge in [0.15, 0.2) is 6.61 Å². The molecular formula is C18H21N3O4. The summed E-state index contributed by atoms with van der Waals surface area (Å²) in [5, 5.41) is 11.7. The number of likely N-dealkylation sites (tertiary alicyclic amines) is 1. The summed E-state index contributed by atoms with van der Waals surface area (Å²) >= 11 is 0. The first-order chi connectivity index (χ1) is 12.2. The average molecular weight is 343 g/mol. The zero-order valence-electron chi connectivity index (χ0n) is 13.9. The molecule has 132 valence electrons. The lowest BCUT2D eigenvalue weighted by Gasteiger charge is -2.31. The number of amides is 2. The van der Waals surface area contributed by atoms with Crippen molar-refractivity contribution < 1.29 is 19.1 Å². The van der Waals surface area contributed by atoms with Crippen LogP contribution in [0.1, 0.15) is 24.8 Å².